The van der Waals surface area contributed by atoms with Crippen LogP contribution in [0.15, 0.2) is 48.5 Å². The van der Waals surface area contributed by atoms with Crippen LogP contribution in [-0.4, -0.2) is 39.5 Å². The fourth-order valence-electron chi connectivity index (χ4n) is 4.00. The van der Waals surface area contributed by atoms with Gasteiger partial charge < -0.3 is 10.6 Å². The summed E-state index contributed by atoms with van der Waals surface area (Å²) >= 11 is 0. The molecule has 26 heavy (non-hydrogen) atoms. The Labute approximate surface area is 153 Å². The lowest BCUT2D eigenvalue weighted by Gasteiger charge is -2.21. The third-order valence-electron chi connectivity index (χ3n) is 5.34. The highest BCUT2D eigenvalue weighted by Gasteiger charge is 2.32. The maximum absolute atomic E-state index is 13.0. The molecular weight excluding hydrogens is 324 g/mol. The van der Waals surface area contributed by atoms with Gasteiger partial charge in [0.15, 0.2) is 0 Å². The molecule has 1 aromatic heterocycles. The van der Waals surface area contributed by atoms with Crippen molar-refractivity contribution in [2.45, 2.75) is 26.3 Å². The molecule has 2 aromatic carbocycles. The Balaban J connectivity index is 1.70. The van der Waals surface area contributed by atoms with E-state index in [1.807, 2.05) is 48.2 Å². The van der Waals surface area contributed by atoms with Crippen molar-refractivity contribution in [3.05, 3.63) is 59.9 Å². The van der Waals surface area contributed by atoms with Gasteiger partial charge in [-0.05, 0) is 63.1 Å². The quantitative estimate of drug-likeness (QED) is 0.791. The van der Waals surface area contributed by atoms with Gasteiger partial charge in [-0.15, -0.1) is 0 Å². The van der Waals surface area contributed by atoms with Crippen molar-refractivity contribution in [3.63, 3.8) is 0 Å². The topological polar surface area (TPSA) is 64.2 Å². The summed E-state index contributed by atoms with van der Waals surface area (Å²) in [6.45, 7) is 5.46. The van der Waals surface area contributed by atoms with Crippen molar-refractivity contribution in [1.29, 1.82) is 0 Å². The highest BCUT2D eigenvalue weighted by Crippen LogP contribution is 2.26. The Morgan fingerprint density at radius 1 is 1.23 bits per heavy atom. The van der Waals surface area contributed by atoms with Gasteiger partial charge in [-0.1, -0.05) is 18.2 Å². The van der Waals surface area contributed by atoms with Crippen LogP contribution >= 0.6 is 0 Å². The van der Waals surface area contributed by atoms with Crippen LogP contribution in [0.4, 0.5) is 0 Å². The molecule has 4 rings (SSSR count). The summed E-state index contributed by atoms with van der Waals surface area (Å²) in [4.78, 5) is 19.6. The van der Waals surface area contributed by atoms with Gasteiger partial charge in [0.25, 0.3) is 5.91 Å². The molecule has 0 saturated carbocycles. The van der Waals surface area contributed by atoms with Gasteiger partial charge in [-0.3, -0.25) is 9.36 Å². The van der Waals surface area contributed by atoms with Crippen molar-refractivity contribution in [3.8, 4) is 5.69 Å². The first-order chi connectivity index (χ1) is 12.6. The fraction of sp³-hybridized carbons (Fsp3) is 0.333. The Kier molecular flexibility index (Phi) is 4.24. The number of carbonyl (C=O) groups excluding carboxylic acids is 1. The molecule has 0 radical (unpaired) electrons. The molecule has 0 bridgehead atoms. The molecule has 5 nitrogen and oxygen atoms in total. The molecule has 0 spiro atoms. The van der Waals surface area contributed by atoms with Crippen molar-refractivity contribution < 1.29 is 4.79 Å². The highest BCUT2D eigenvalue weighted by atomic mass is 16.2. The van der Waals surface area contributed by atoms with Gasteiger partial charge in [-0.2, -0.15) is 0 Å². The van der Waals surface area contributed by atoms with Crippen molar-refractivity contribution >= 4 is 16.9 Å². The van der Waals surface area contributed by atoms with Gasteiger partial charge in [0.2, 0.25) is 0 Å². The Morgan fingerprint density at radius 3 is 2.69 bits per heavy atom. The molecule has 0 aliphatic carbocycles. The Morgan fingerprint density at radius 2 is 2.00 bits per heavy atom. The van der Waals surface area contributed by atoms with E-state index in [0.717, 1.165) is 35.5 Å². The zero-order valence-corrected chi connectivity index (χ0v) is 15.2. The minimum absolute atomic E-state index is 0.0715. The van der Waals surface area contributed by atoms with E-state index in [1.54, 1.807) is 0 Å². The average molecular weight is 348 g/mol. The SMILES string of the molecule is Cc1nc2cc(C(=O)N3CC(CN)CC3C)ccc2n1-c1ccccc1. The third kappa shape index (κ3) is 2.78. The maximum Gasteiger partial charge on any atom is 0.254 e. The number of benzene rings is 2. The smallest absolute Gasteiger partial charge is 0.254 e. The van der Waals surface area contributed by atoms with Crippen molar-refractivity contribution in [2.24, 2.45) is 11.7 Å². The van der Waals surface area contributed by atoms with E-state index >= 15 is 0 Å². The lowest BCUT2D eigenvalue weighted by atomic mass is 10.1. The second-order valence-corrected chi connectivity index (χ2v) is 7.18. The number of amides is 1. The normalized spacial score (nSPS) is 20.0. The number of hydrogen-bond donors (Lipinski definition) is 1. The van der Waals surface area contributed by atoms with Gasteiger partial charge in [-0.25, -0.2) is 4.98 Å². The number of aromatic nitrogens is 2. The number of likely N-dealkylation sites (tertiary alicyclic amines) is 1. The number of rotatable bonds is 3. The number of fused-ring (bicyclic) bond motifs is 1. The number of imidazole rings is 1. The van der Waals surface area contributed by atoms with E-state index in [1.165, 1.54) is 0 Å². The lowest BCUT2D eigenvalue weighted by Crippen LogP contribution is -2.34. The molecule has 2 atom stereocenters. The van der Waals surface area contributed by atoms with Crippen molar-refractivity contribution in [2.75, 3.05) is 13.1 Å². The molecule has 2 unspecified atom stereocenters. The summed E-state index contributed by atoms with van der Waals surface area (Å²) < 4.78 is 2.12. The van der Waals surface area contributed by atoms with Gasteiger partial charge >= 0.3 is 0 Å². The maximum atomic E-state index is 13.0. The summed E-state index contributed by atoms with van der Waals surface area (Å²) in [6, 6.07) is 16.2. The standard InChI is InChI=1S/C21H24N4O/c1-14-10-16(12-22)13-24(14)21(26)17-8-9-20-19(11-17)23-15(2)25(20)18-6-4-3-5-7-18/h3-9,11,14,16H,10,12-13,22H2,1-2H3. The first-order valence-corrected chi connectivity index (χ1v) is 9.14. The Hall–Kier alpha value is -2.66. The minimum atomic E-state index is 0.0715. The van der Waals surface area contributed by atoms with Gasteiger partial charge in [0.05, 0.1) is 11.0 Å². The van der Waals surface area contributed by atoms with Crippen LogP contribution in [0.5, 0.6) is 0 Å². The highest BCUT2D eigenvalue weighted by molar-refractivity contribution is 5.98. The zero-order chi connectivity index (χ0) is 18.3. The van der Waals surface area contributed by atoms with Gasteiger partial charge in [0, 0.05) is 23.8 Å². The van der Waals surface area contributed by atoms with Gasteiger partial charge in [0.1, 0.15) is 5.82 Å². The average Bonchev–Trinajstić information content (AvgIpc) is 3.20. The van der Waals surface area contributed by atoms with Crippen LogP contribution in [0, 0.1) is 12.8 Å². The van der Waals surface area contributed by atoms with Crippen LogP contribution in [0.2, 0.25) is 0 Å². The van der Waals surface area contributed by atoms with Crippen LogP contribution in [0.25, 0.3) is 16.7 Å². The summed E-state index contributed by atoms with van der Waals surface area (Å²) in [6.07, 6.45) is 0.978. The van der Waals surface area contributed by atoms with E-state index in [0.29, 0.717) is 18.0 Å². The van der Waals surface area contributed by atoms with E-state index in [-0.39, 0.29) is 11.9 Å². The number of nitrogens with two attached hydrogens (primary N) is 1. The lowest BCUT2D eigenvalue weighted by molar-refractivity contribution is 0.0743. The summed E-state index contributed by atoms with van der Waals surface area (Å²) in [5.74, 6) is 1.38. The Bertz CT molecular complexity index is 947. The number of carbonyl (C=O) groups is 1. The molecule has 1 fully saturated rings. The van der Waals surface area contributed by atoms with E-state index < -0.39 is 0 Å². The second kappa shape index (κ2) is 6.57. The minimum Gasteiger partial charge on any atom is -0.336 e. The molecule has 2 heterocycles. The molecule has 1 aliphatic rings. The van der Waals surface area contributed by atoms with Crippen LogP contribution < -0.4 is 5.73 Å². The largest absolute Gasteiger partial charge is 0.336 e. The summed E-state index contributed by atoms with van der Waals surface area (Å²) in [5, 5.41) is 0. The molecule has 1 amide bonds. The van der Waals surface area contributed by atoms with Crippen LogP contribution in [0.1, 0.15) is 29.5 Å². The second-order valence-electron chi connectivity index (χ2n) is 7.18. The van der Waals surface area contributed by atoms with Crippen LogP contribution in [-0.2, 0) is 0 Å². The molecule has 3 aromatic rings. The molecule has 1 saturated heterocycles. The summed E-state index contributed by atoms with van der Waals surface area (Å²) in [5.41, 5.74) is 9.42. The molecule has 5 heteroatoms. The first-order valence-electron chi connectivity index (χ1n) is 9.14. The van der Waals surface area contributed by atoms with E-state index in [4.69, 9.17) is 5.73 Å². The van der Waals surface area contributed by atoms with E-state index in [9.17, 15) is 4.79 Å². The number of para-hydroxylation sites is 1. The first kappa shape index (κ1) is 16.8. The molecule has 134 valence electrons. The molecule has 1 aliphatic heterocycles. The number of hydrogen-bond acceptors (Lipinski definition) is 3. The fourth-order valence-corrected chi connectivity index (χ4v) is 4.00. The number of nitrogens with zero attached hydrogens (tertiary/aromatic N) is 3. The zero-order valence-electron chi connectivity index (χ0n) is 15.2. The predicted molar refractivity (Wildman–Crippen MR) is 103 cm³/mol. The monoisotopic (exact) mass is 348 g/mol. The summed E-state index contributed by atoms with van der Waals surface area (Å²) in [7, 11) is 0. The molecule has 2 N–H and O–H groups in total. The predicted octanol–water partition coefficient (Wildman–Crippen LogP) is 3.14. The van der Waals surface area contributed by atoms with Crippen molar-refractivity contribution in [1.82, 2.24) is 14.5 Å². The number of aryl methyl sites for hydroxylation is 1. The van der Waals surface area contributed by atoms with E-state index in [2.05, 4.69) is 28.6 Å². The third-order valence-corrected chi connectivity index (χ3v) is 5.34. The van der Waals surface area contributed by atoms with Crippen LogP contribution in [0.3, 0.4) is 0 Å². The molecular formula is C21H24N4O.